The van der Waals surface area contributed by atoms with Crippen molar-refractivity contribution in [2.75, 3.05) is 13.2 Å². The van der Waals surface area contributed by atoms with E-state index >= 15 is 0 Å². The number of alkyl carbamates (subject to hydrolysis) is 1. The van der Waals surface area contributed by atoms with E-state index in [0.29, 0.717) is 6.42 Å². The molecular formula is C20H30N2O5. The molecule has 0 saturated carbocycles. The second-order valence-electron chi connectivity index (χ2n) is 7.69. The van der Waals surface area contributed by atoms with Gasteiger partial charge in [-0.05, 0) is 32.3 Å². The molecule has 0 aliphatic rings. The first kappa shape index (κ1) is 22.5. The summed E-state index contributed by atoms with van der Waals surface area (Å²) < 4.78 is 10.3. The minimum atomic E-state index is -0.834. The van der Waals surface area contributed by atoms with E-state index < -0.39 is 29.6 Å². The molecule has 1 rings (SSSR count). The first-order valence-electron chi connectivity index (χ1n) is 9.03. The van der Waals surface area contributed by atoms with Crippen LogP contribution >= 0.6 is 0 Å². The quantitative estimate of drug-likeness (QED) is 0.678. The molecule has 1 aromatic carbocycles. The monoisotopic (exact) mass is 378 g/mol. The maximum Gasteiger partial charge on any atom is 0.408 e. The van der Waals surface area contributed by atoms with Crippen molar-refractivity contribution < 1.29 is 23.9 Å². The van der Waals surface area contributed by atoms with Gasteiger partial charge in [-0.1, -0.05) is 44.2 Å². The molecule has 7 heteroatoms. The number of hydrogen-bond acceptors (Lipinski definition) is 5. The molecule has 0 bridgehead atoms. The lowest BCUT2D eigenvalue weighted by Crippen LogP contribution is -2.48. The molecule has 2 amide bonds. The summed E-state index contributed by atoms with van der Waals surface area (Å²) in [5.41, 5.74) is 0.237. The van der Waals surface area contributed by atoms with Gasteiger partial charge in [-0.15, -0.1) is 0 Å². The summed E-state index contributed by atoms with van der Waals surface area (Å²) in [7, 11) is 0. The minimum absolute atomic E-state index is 0.191. The van der Waals surface area contributed by atoms with Crippen LogP contribution in [0.2, 0.25) is 0 Å². The number of nitrogens with one attached hydrogen (secondary N) is 2. The van der Waals surface area contributed by atoms with Gasteiger partial charge in [0.05, 0.1) is 6.61 Å². The zero-order valence-corrected chi connectivity index (χ0v) is 16.7. The van der Waals surface area contributed by atoms with Crippen LogP contribution in [-0.2, 0) is 25.5 Å². The lowest BCUT2D eigenvalue weighted by molar-refractivity contribution is -0.148. The fourth-order valence-electron chi connectivity index (χ4n) is 2.10. The van der Waals surface area contributed by atoms with E-state index in [2.05, 4.69) is 10.6 Å². The third-order valence-electron chi connectivity index (χ3n) is 3.25. The molecule has 1 atom stereocenters. The first-order valence-corrected chi connectivity index (χ1v) is 9.03. The summed E-state index contributed by atoms with van der Waals surface area (Å²) in [6.45, 7) is 9.03. The van der Waals surface area contributed by atoms with Crippen LogP contribution in [0.5, 0.6) is 0 Å². The van der Waals surface area contributed by atoms with Gasteiger partial charge in [0.25, 0.3) is 0 Å². The lowest BCUT2D eigenvalue weighted by Gasteiger charge is -2.21. The molecule has 0 spiro atoms. The Balaban J connectivity index is 2.65. The molecule has 0 heterocycles. The molecule has 27 heavy (non-hydrogen) atoms. The van der Waals surface area contributed by atoms with Crippen molar-refractivity contribution in [1.29, 1.82) is 0 Å². The van der Waals surface area contributed by atoms with E-state index in [1.807, 2.05) is 44.2 Å². The average Bonchev–Trinajstić information content (AvgIpc) is 2.56. The number of carbonyl (C=O) groups is 3. The summed E-state index contributed by atoms with van der Waals surface area (Å²) >= 11 is 0. The molecule has 2 N–H and O–H groups in total. The molecule has 0 fully saturated rings. The number of rotatable bonds is 8. The van der Waals surface area contributed by atoms with Gasteiger partial charge in [0.1, 0.15) is 18.2 Å². The van der Waals surface area contributed by atoms with Crippen molar-refractivity contribution >= 4 is 18.0 Å². The molecule has 1 aromatic rings. The Kier molecular flexibility index (Phi) is 8.78. The molecule has 0 aliphatic carbocycles. The summed E-state index contributed by atoms with van der Waals surface area (Å²) in [6, 6.07) is 8.50. The normalized spacial score (nSPS) is 12.2. The fraction of sp³-hybridized carbons (Fsp3) is 0.550. The van der Waals surface area contributed by atoms with Crippen molar-refractivity contribution in [3.63, 3.8) is 0 Å². The van der Waals surface area contributed by atoms with E-state index in [1.165, 1.54) is 0 Å². The van der Waals surface area contributed by atoms with Crippen LogP contribution in [0.4, 0.5) is 4.79 Å². The Hall–Kier alpha value is -2.57. The van der Waals surface area contributed by atoms with Crippen LogP contribution in [0.25, 0.3) is 0 Å². The van der Waals surface area contributed by atoms with Gasteiger partial charge < -0.3 is 20.1 Å². The standard InChI is InChI=1S/C20H30N2O5/c1-14(2)13-26-18(24)16(11-15-9-7-6-8-10-15)22-17(23)12-21-19(25)27-20(3,4)5/h6-10,14,16H,11-13H2,1-5H3,(H,21,25)(H,22,23)/t16-/m0/s1. The third-order valence-corrected chi connectivity index (χ3v) is 3.25. The van der Waals surface area contributed by atoms with Crippen LogP contribution < -0.4 is 10.6 Å². The van der Waals surface area contributed by atoms with E-state index in [-0.39, 0.29) is 19.1 Å². The van der Waals surface area contributed by atoms with Gasteiger partial charge >= 0.3 is 12.1 Å². The van der Waals surface area contributed by atoms with E-state index in [1.54, 1.807) is 20.8 Å². The highest BCUT2D eigenvalue weighted by Crippen LogP contribution is 2.07. The maximum absolute atomic E-state index is 12.4. The molecule has 0 aromatic heterocycles. The molecule has 7 nitrogen and oxygen atoms in total. The van der Waals surface area contributed by atoms with Gasteiger partial charge in [0.15, 0.2) is 0 Å². The minimum Gasteiger partial charge on any atom is -0.464 e. The van der Waals surface area contributed by atoms with Crippen LogP contribution in [0.15, 0.2) is 30.3 Å². The van der Waals surface area contributed by atoms with Crippen LogP contribution in [0.3, 0.4) is 0 Å². The topological polar surface area (TPSA) is 93.7 Å². The summed E-state index contributed by atoms with van der Waals surface area (Å²) in [4.78, 5) is 36.2. The van der Waals surface area contributed by atoms with Crippen LogP contribution in [-0.4, -0.2) is 42.8 Å². The first-order chi connectivity index (χ1) is 12.6. The molecule has 0 aliphatic heterocycles. The van der Waals surface area contributed by atoms with Crippen molar-refractivity contribution in [3.05, 3.63) is 35.9 Å². The lowest BCUT2D eigenvalue weighted by atomic mass is 10.1. The number of carbonyl (C=O) groups excluding carboxylic acids is 3. The predicted octanol–water partition coefficient (Wildman–Crippen LogP) is 2.44. The Morgan fingerprint density at radius 3 is 2.26 bits per heavy atom. The number of ether oxygens (including phenoxy) is 2. The Morgan fingerprint density at radius 2 is 1.70 bits per heavy atom. The van der Waals surface area contributed by atoms with Crippen LogP contribution in [0.1, 0.15) is 40.2 Å². The summed E-state index contributed by atoms with van der Waals surface area (Å²) in [6.07, 6.45) is -0.393. The molecule has 150 valence electrons. The average molecular weight is 378 g/mol. The Labute approximate surface area is 160 Å². The molecule has 0 unspecified atom stereocenters. The highest BCUT2D eigenvalue weighted by molar-refractivity contribution is 5.87. The van der Waals surface area contributed by atoms with Crippen molar-refractivity contribution in [2.24, 2.45) is 5.92 Å². The number of hydrogen-bond donors (Lipinski definition) is 2. The number of amides is 2. The molecule has 0 radical (unpaired) electrons. The van der Waals surface area contributed by atoms with Gasteiger partial charge in [-0.2, -0.15) is 0 Å². The van der Waals surface area contributed by atoms with Gasteiger partial charge in [-0.25, -0.2) is 9.59 Å². The Morgan fingerprint density at radius 1 is 1.07 bits per heavy atom. The fourth-order valence-corrected chi connectivity index (χ4v) is 2.10. The smallest absolute Gasteiger partial charge is 0.408 e. The van der Waals surface area contributed by atoms with Crippen LogP contribution in [0, 0.1) is 5.92 Å². The molecule has 0 saturated heterocycles. The van der Waals surface area contributed by atoms with Crippen molar-refractivity contribution in [1.82, 2.24) is 10.6 Å². The Bertz CT molecular complexity index is 623. The number of benzene rings is 1. The van der Waals surface area contributed by atoms with E-state index in [4.69, 9.17) is 9.47 Å². The summed E-state index contributed by atoms with van der Waals surface area (Å²) in [5.74, 6) is -0.808. The van der Waals surface area contributed by atoms with Gasteiger partial charge in [0.2, 0.25) is 5.91 Å². The largest absolute Gasteiger partial charge is 0.464 e. The highest BCUT2D eigenvalue weighted by atomic mass is 16.6. The van der Waals surface area contributed by atoms with Crippen molar-refractivity contribution in [3.8, 4) is 0 Å². The third kappa shape index (κ3) is 10.2. The number of esters is 1. The SMILES string of the molecule is CC(C)COC(=O)[C@H](Cc1ccccc1)NC(=O)CNC(=O)OC(C)(C)C. The second-order valence-corrected chi connectivity index (χ2v) is 7.69. The highest BCUT2D eigenvalue weighted by Gasteiger charge is 2.24. The van der Waals surface area contributed by atoms with Gasteiger partial charge in [-0.3, -0.25) is 4.79 Å². The zero-order chi connectivity index (χ0) is 20.4. The van der Waals surface area contributed by atoms with E-state index in [9.17, 15) is 14.4 Å². The predicted molar refractivity (Wildman–Crippen MR) is 102 cm³/mol. The summed E-state index contributed by atoms with van der Waals surface area (Å²) in [5, 5.41) is 5.00. The zero-order valence-electron chi connectivity index (χ0n) is 16.7. The molecular weight excluding hydrogens is 348 g/mol. The second kappa shape index (κ2) is 10.5. The maximum atomic E-state index is 12.4. The van der Waals surface area contributed by atoms with Gasteiger partial charge in [0, 0.05) is 6.42 Å². The van der Waals surface area contributed by atoms with Crippen molar-refractivity contribution in [2.45, 2.75) is 52.7 Å². The van der Waals surface area contributed by atoms with E-state index in [0.717, 1.165) is 5.56 Å².